The molecular formula is C20H26O7. The second kappa shape index (κ2) is 6.02. The van der Waals surface area contributed by atoms with E-state index in [0.717, 1.165) is 0 Å². The molecule has 3 aliphatic rings. The van der Waals surface area contributed by atoms with E-state index in [1.807, 2.05) is 0 Å². The summed E-state index contributed by atoms with van der Waals surface area (Å²) in [6.07, 6.45) is 2.24. The molecule has 0 aromatic rings. The predicted molar refractivity (Wildman–Crippen MR) is 95.3 cm³/mol. The Morgan fingerprint density at radius 1 is 1.33 bits per heavy atom. The first-order valence-corrected chi connectivity index (χ1v) is 8.98. The number of hydrogen-bond donors (Lipinski definition) is 3. The molecule has 0 radical (unpaired) electrons. The quantitative estimate of drug-likeness (QED) is 0.370. The molecule has 148 valence electrons. The van der Waals surface area contributed by atoms with Crippen molar-refractivity contribution in [2.75, 3.05) is 0 Å². The van der Waals surface area contributed by atoms with Crippen molar-refractivity contribution in [1.82, 2.24) is 0 Å². The summed E-state index contributed by atoms with van der Waals surface area (Å²) < 4.78 is 11.0. The molecule has 27 heavy (non-hydrogen) atoms. The van der Waals surface area contributed by atoms with Gasteiger partial charge in [-0.3, -0.25) is 0 Å². The number of aliphatic hydroxyl groups is 3. The Labute approximate surface area is 158 Å². The molecule has 3 N–H and O–H groups in total. The van der Waals surface area contributed by atoms with Crippen LogP contribution in [0.1, 0.15) is 34.1 Å². The van der Waals surface area contributed by atoms with Gasteiger partial charge < -0.3 is 24.8 Å². The van der Waals surface area contributed by atoms with Gasteiger partial charge in [-0.1, -0.05) is 24.8 Å². The van der Waals surface area contributed by atoms with Crippen LogP contribution in [0, 0.1) is 11.8 Å². The van der Waals surface area contributed by atoms with Crippen molar-refractivity contribution >= 4 is 11.9 Å². The Morgan fingerprint density at radius 2 is 1.96 bits per heavy atom. The fraction of sp³-hybridized carbons (Fsp3) is 0.600. The number of carbonyl (C=O) groups excluding carboxylic acids is 2. The van der Waals surface area contributed by atoms with E-state index in [1.165, 1.54) is 26.0 Å². The third-order valence-corrected chi connectivity index (χ3v) is 6.37. The molecule has 7 heteroatoms. The van der Waals surface area contributed by atoms with Crippen molar-refractivity contribution in [3.05, 3.63) is 36.0 Å². The number of hydrogen-bond acceptors (Lipinski definition) is 7. The molecule has 0 aromatic heterocycles. The lowest BCUT2D eigenvalue weighted by atomic mass is 9.70. The number of esters is 2. The maximum Gasteiger partial charge on any atom is 0.334 e. The number of fused-ring (bicyclic) bond motifs is 3. The second-order valence-electron chi connectivity index (χ2n) is 8.11. The van der Waals surface area contributed by atoms with Gasteiger partial charge in [-0.05, 0) is 34.1 Å². The second-order valence-corrected chi connectivity index (χ2v) is 8.11. The number of rotatable bonds is 2. The zero-order chi connectivity index (χ0) is 20.4. The van der Waals surface area contributed by atoms with Crippen molar-refractivity contribution in [2.24, 2.45) is 11.8 Å². The Balaban J connectivity index is 2.11. The minimum Gasteiger partial charge on any atom is -0.458 e. The van der Waals surface area contributed by atoms with Crippen LogP contribution in [-0.2, 0) is 19.1 Å². The van der Waals surface area contributed by atoms with Crippen LogP contribution in [0.2, 0.25) is 0 Å². The van der Waals surface area contributed by atoms with Crippen molar-refractivity contribution < 1.29 is 34.4 Å². The Bertz CT molecular complexity index is 760. The van der Waals surface area contributed by atoms with Crippen LogP contribution >= 0.6 is 0 Å². The van der Waals surface area contributed by atoms with Crippen LogP contribution in [0.5, 0.6) is 0 Å². The first-order chi connectivity index (χ1) is 12.4. The van der Waals surface area contributed by atoms with Gasteiger partial charge in [0.2, 0.25) is 0 Å². The molecule has 7 unspecified atom stereocenters. The highest BCUT2D eigenvalue weighted by Gasteiger charge is 2.69. The smallest absolute Gasteiger partial charge is 0.334 e. The molecule has 7 atom stereocenters. The predicted octanol–water partition coefficient (Wildman–Crippen LogP) is 0.785. The van der Waals surface area contributed by atoms with Crippen LogP contribution in [0.15, 0.2) is 36.0 Å². The van der Waals surface area contributed by atoms with Gasteiger partial charge in [0.15, 0.2) is 0 Å². The minimum atomic E-state index is -1.98. The Morgan fingerprint density at radius 3 is 2.56 bits per heavy atom. The maximum absolute atomic E-state index is 12.3. The average Bonchev–Trinajstić information content (AvgIpc) is 2.97. The van der Waals surface area contributed by atoms with Gasteiger partial charge in [-0.15, -0.1) is 0 Å². The molecular weight excluding hydrogens is 352 g/mol. The molecule has 0 bridgehead atoms. The summed E-state index contributed by atoms with van der Waals surface area (Å²) in [5.41, 5.74) is -4.93. The summed E-state index contributed by atoms with van der Waals surface area (Å²) in [4.78, 5) is 24.4. The fourth-order valence-electron chi connectivity index (χ4n) is 4.44. The largest absolute Gasteiger partial charge is 0.458 e. The molecule has 0 aromatic carbocycles. The molecule has 0 spiro atoms. The lowest BCUT2D eigenvalue weighted by Crippen LogP contribution is -2.64. The van der Waals surface area contributed by atoms with E-state index in [2.05, 4.69) is 6.58 Å². The lowest BCUT2D eigenvalue weighted by Gasteiger charge is -2.46. The van der Waals surface area contributed by atoms with E-state index >= 15 is 0 Å². The zero-order valence-corrected chi connectivity index (χ0v) is 15.9. The van der Waals surface area contributed by atoms with Crippen LogP contribution < -0.4 is 0 Å². The van der Waals surface area contributed by atoms with E-state index in [-0.39, 0.29) is 12.0 Å². The Kier molecular flexibility index (Phi) is 4.41. The summed E-state index contributed by atoms with van der Waals surface area (Å²) in [6.45, 7) is 9.87. The molecule has 7 nitrogen and oxygen atoms in total. The fourth-order valence-corrected chi connectivity index (χ4v) is 4.44. The van der Waals surface area contributed by atoms with Crippen molar-refractivity contribution in [3.63, 3.8) is 0 Å². The van der Waals surface area contributed by atoms with Crippen molar-refractivity contribution in [3.8, 4) is 0 Å². The molecule has 2 aliphatic carbocycles. The van der Waals surface area contributed by atoms with Gasteiger partial charge in [0.1, 0.15) is 23.4 Å². The van der Waals surface area contributed by atoms with Crippen LogP contribution in [0.3, 0.4) is 0 Å². The van der Waals surface area contributed by atoms with E-state index in [0.29, 0.717) is 5.57 Å². The lowest BCUT2D eigenvalue weighted by molar-refractivity contribution is -0.219. The van der Waals surface area contributed by atoms with Crippen molar-refractivity contribution in [1.29, 1.82) is 0 Å². The SMILES string of the molecule is C=C1C(=O)OC2C1CC(OC(=O)C(C)=CC)C(C)(O)C1(O)C=CC(C)(O)C21. The highest BCUT2D eigenvalue weighted by molar-refractivity contribution is 5.91. The molecule has 1 heterocycles. The van der Waals surface area contributed by atoms with Gasteiger partial charge in [-0.2, -0.15) is 0 Å². The normalized spacial score (nSPS) is 46.6. The summed E-state index contributed by atoms with van der Waals surface area (Å²) in [5, 5.41) is 33.6. The molecule has 2 fully saturated rings. The molecule has 1 aliphatic heterocycles. The topological polar surface area (TPSA) is 113 Å². The monoisotopic (exact) mass is 378 g/mol. The number of allylic oxidation sites excluding steroid dienone is 1. The van der Waals surface area contributed by atoms with Crippen LogP contribution in [-0.4, -0.2) is 56.3 Å². The first kappa shape index (κ1) is 19.8. The molecule has 0 amide bonds. The van der Waals surface area contributed by atoms with E-state index < -0.39 is 52.8 Å². The Hall–Kier alpha value is -1.96. The third kappa shape index (κ3) is 2.68. The molecule has 3 rings (SSSR count). The van der Waals surface area contributed by atoms with E-state index in [4.69, 9.17) is 9.47 Å². The zero-order valence-electron chi connectivity index (χ0n) is 15.9. The summed E-state index contributed by atoms with van der Waals surface area (Å²) >= 11 is 0. The van der Waals surface area contributed by atoms with Gasteiger partial charge in [0.05, 0.1) is 11.5 Å². The molecule has 1 saturated carbocycles. The maximum atomic E-state index is 12.3. The van der Waals surface area contributed by atoms with Gasteiger partial charge >= 0.3 is 11.9 Å². The summed E-state index contributed by atoms with van der Waals surface area (Å²) in [6, 6.07) is 0. The first-order valence-electron chi connectivity index (χ1n) is 8.98. The number of ether oxygens (including phenoxy) is 2. The minimum absolute atomic E-state index is 0.0354. The van der Waals surface area contributed by atoms with E-state index in [1.54, 1.807) is 19.9 Å². The molecule has 1 saturated heterocycles. The summed E-state index contributed by atoms with van der Waals surface area (Å²) in [5.74, 6) is -2.91. The van der Waals surface area contributed by atoms with Crippen molar-refractivity contribution in [2.45, 2.75) is 63.1 Å². The van der Waals surface area contributed by atoms with Crippen LogP contribution in [0.4, 0.5) is 0 Å². The standard InChI is InChI=1S/C20H26O7/c1-6-10(2)16(21)26-13-9-12-11(3)17(22)27-14(12)15-18(4,23)7-8-20(15,25)19(13,5)24/h6-8,12-15,23-25H,3,9H2,1-2,4-5H3. The highest BCUT2D eigenvalue weighted by atomic mass is 16.6. The average molecular weight is 378 g/mol. The van der Waals surface area contributed by atoms with Gasteiger partial charge in [-0.25, -0.2) is 9.59 Å². The van der Waals surface area contributed by atoms with Gasteiger partial charge in [0, 0.05) is 17.1 Å². The number of carbonyl (C=O) groups is 2. The van der Waals surface area contributed by atoms with E-state index in [9.17, 15) is 24.9 Å². The third-order valence-electron chi connectivity index (χ3n) is 6.37. The van der Waals surface area contributed by atoms with Gasteiger partial charge in [0.25, 0.3) is 0 Å². The highest BCUT2D eigenvalue weighted by Crippen LogP contribution is 2.55. The van der Waals surface area contributed by atoms with Crippen LogP contribution in [0.25, 0.3) is 0 Å². The summed E-state index contributed by atoms with van der Waals surface area (Å²) in [7, 11) is 0.